The Morgan fingerprint density at radius 1 is 1.12 bits per heavy atom. The number of thiazole rings is 1. The van der Waals surface area contributed by atoms with Crippen LogP contribution < -0.4 is 15.5 Å². The number of hydrogen-bond acceptors (Lipinski definition) is 8. The maximum Gasteiger partial charge on any atom is 0.248 e. The molecule has 10 heteroatoms. The minimum absolute atomic E-state index is 0.0467. The standard InChI is InChI=1S/C23H28N8OS/c32-21(28-23-24-10-12-33-23)18-9-4-11-31(18)22-25-16-8-3-7-15(16)20(27-22)26-19-13-17(29-30-19)14-5-1-2-6-14/h10,12-14,18H,1-9,11H2,(H,24,28,32)(H2,25,26,27,29,30). The highest BCUT2D eigenvalue weighted by atomic mass is 32.1. The van der Waals surface area contributed by atoms with Crippen LogP contribution in [0.4, 0.5) is 22.7 Å². The fraction of sp³-hybridized carbons (Fsp3) is 0.522. The number of rotatable bonds is 6. The van der Waals surface area contributed by atoms with E-state index in [9.17, 15) is 4.79 Å². The highest BCUT2D eigenvalue weighted by Gasteiger charge is 2.34. The van der Waals surface area contributed by atoms with Crippen LogP contribution in [0.15, 0.2) is 17.6 Å². The van der Waals surface area contributed by atoms with Gasteiger partial charge in [0.1, 0.15) is 11.9 Å². The summed E-state index contributed by atoms with van der Waals surface area (Å²) in [6, 6.07) is 1.83. The van der Waals surface area contributed by atoms with Gasteiger partial charge in [-0.1, -0.05) is 12.8 Å². The predicted octanol–water partition coefficient (Wildman–Crippen LogP) is 4.15. The first-order valence-electron chi connectivity index (χ1n) is 11.9. The number of fused-ring (bicyclic) bond motifs is 1. The number of nitrogens with one attached hydrogen (secondary N) is 3. The number of aryl methyl sites for hydroxylation is 1. The van der Waals surface area contributed by atoms with Crippen molar-refractivity contribution < 1.29 is 4.79 Å². The first kappa shape index (κ1) is 20.6. The van der Waals surface area contributed by atoms with Crippen LogP contribution in [-0.2, 0) is 17.6 Å². The molecule has 0 bridgehead atoms. The fourth-order valence-corrected chi connectivity index (χ4v) is 5.90. The lowest BCUT2D eigenvalue weighted by molar-refractivity contribution is -0.117. The van der Waals surface area contributed by atoms with Gasteiger partial charge in [0, 0.05) is 41.4 Å². The molecule has 33 heavy (non-hydrogen) atoms. The molecule has 2 aliphatic carbocycles. The van der Waals surface area contributed by atoms with Crippen LogP contribution in [-0.4, -0.2) is 43.6 Å². The Labute approximate surface area is 196 Å². The van der Waals surface area contributed by atoms with E-state index >= 15 is 0 Å². The summed E-state index contributed by atoms with van der Waals surface area (Å²) in [7, 11) is 0. The first-order chi connectivity index (χ1) is 16.2. The van der Waals surface area contributed by atoms with Gasteiger partial charge in [-0.3, -0.25) is 9.89 Å². The molecule has 1 amide bonds. The van der Waals surface area contributed by atoms with E-state index in [2.05, 4.69) is 31.9 Å². The van der Waals surface area contributed by atoms with Crippen LogP contribution >= 0.6 is 11.3 Å². The number of hydrogen-bond donors (Lipinski definition) is 3. The van der Waals surface area contributed by atoms with Gasteiger partial charge in [0.2, 0.25) is 11.9 Å². The topological polar surface area (TPSA) is 112 Å². The lowest BCUT2D eigenvalue weighted by Crippen LogP contribution is -2.40. The molecule has 3 N–H and O–H groups in total. The van der Waals surface area contributed by atoms with Gasteiger partial charge in [-0.25, -0.2) is 9.97 Å². The third-order valence-corrected chi connectivity index (χ3v) is 7.72. The van der Waals surface area contributed by atoms with Crippen LogP contribution in [0.5, 0.6) is 0 Å². The van der Waals surface area contributed by atoms with Crippen molar-refractivity contribution in [3.8, 4) is 0 Å². The van der Waals surface area contributed by atoms with E-state index in [0.717, 1.165) is 56.0 Å². The summed E-state index contributed by atoms with van der Waals surface area (Å²) >= 11 is 1.43. The van der Waals surface area contributed by atoms with Crippen molar-refractivity contribution >= 4 is 40.0 Å². The second-order valence-electron chi connectivity index (χ2n) is 9.14. The number of amides is 1. The molecular formula is C23H28N8OS. The first-order valence-corrected chi connectivity index (χ1v) is 12.8. The molecule has 0 aromatic carbocycles. The van der Waals surface area contributed by atoms with Crippen LogP contribution in [0.25, 0.3) is 0 Å². The zero-order chi connectivity index (χ0) is 22.2. The van der Waals surface area contributed by atoms with E-state index in [1.165, 1.54) is 48.3 Å². The van der Waals surface area contributed by atoms with E-state index in [1.807, 2.05) is 10.3 Å². The molecular weight excluding hydrogens is 436 g/mol. The normalized spacial score (nSPS) is 20.4. The van der Waals surface area contributed by atoms with Gasteiger partial charge >= 0.3 is 0 Å². The molecule has 2 fully saturated rings. The van der Waals surface area contributed by atoms with E-state index < -0.39 is 0 Å². The average Bonchev–Trinajstić information content (AvgIpc) is 3.64. The molecule has 1 saturated carbocycles. The molecule has 4 heterocycles. The van der Waals surface area contributed by atoms with Gasteiger partial charge < -0.3 is 15.5 Å². The third-order valence-electron chi connectivity index (χ3n) is 7.04. The Bertz CT molecular complexity index is 1140. The highest BCUT2D eigenvalue weighted by molar-refractivity contribution is 7.13. The van der Waals surface area contributed by atoms with Crippen molar-refractivity contribution in [2.24, 2.45) is 0 Å². The summed E-state index contributed by atoms with van der Waals surface area (Å²) in [4.78, 5) is 29.0. The van der Waals surface area contributed by atoms with Crippen molar-refractivity contribution in [3.63, 3.8) is 0 Å². The fourth-order valence-electron chi connectivity index (χ4n) is 5.37. The number of H-pyrrole nitrogens is 1. The molecule has 0 spiro atoms. The second-order valence-corrected chi connectivity index (χ2v) is 10.0. The highest BCUT2D eigenvalue weighted by Crippen LogP contribution is 2.36. The maximum absolute atomic E-state index is 13.0. The number of aromatic nitrogens is 5. The third kappa shape index (κ3) is 4.07. The molecule has 3 aromatic heterocycles. The summed E-state index contributed by atoms with van der Waals surface area (Å²) in [6.45, 7) is 0.766. The van der Waals surface area contributed by atoms with Crippen molar-refractivity contribution in [2.75, 3.05) is 22.1 Å². The molecule has 9 nitrogen and oxygen atoms in total. The smallest absolute Gasteiger partial charge is 0.248 e. The zero-order valence-corrected chi connectivity index (χ0v) is 19.3. The summed E-state index contributed by atoms with van der Waals surface area (Å²) < 4.78 is 0. The Kier molecular flexibility index (Phi) is 5.45. The SMILES string of the molecule is O=C(Nc1nccs1)C1CCCN1c1nc2c(c(Nc3cc(C4CCCC4)[nH]n3)n1)CCC2. The lowest BCUT2D eigenvalue weighted by atomic mass is 10.0. The lowest BCUT2D eigenvalue weighted by Gasteiger charge is -2.24. The van der Waals surface area contributed by atoms with E-state index in [0.29, 0.717) is 17.0 Å². The average molecular weight is 465 g/mol. The minimum atomic E-state index is -0.291. The molecule has 3 aromatic rings. The molecule has 6 rings (SSSR count). The number of aromatic amines is 1. The summed E-state index contributed by atoms with van der Waals surface area (Å²) in [5.41, 5.74) is 3.46. The van der Waals surface area contributed by atoms with Crippen molar-refractivity contribution in [2.45, 2.75) is 69.7 Å². The van der Waals surface area contributed by atoms with E-state index in [1.54, 1.807) is 6.20 Å². The number of anilines is 4. The van der Waals surface area contributed by atoms with Gasteiger partial charge in [0.05, 0.1) is 5.69 Å². The number of carbonyl (C=O) groups excluding carboxylic acids is 1. The van der Waals surface area contributed by atoms with Crippen LogP contribution in [0.2, 0.25) is 0 Å². The second kappa shape index (κ2) is 8.74. The summed E-state index contributed by atoms with van der Waals surface area (Å²) in [6.07, 6.45) is 11.4. The molecule has 0 radical (unpaired) electrons. The molecule has 3 aliphatic rings. The van der Waals surface area contributed by atoms with Gasteiger partial charge in [-0.05, 0) is 44.9 Å². The number of nitrogens with zero attached hydrogens (tertiary/aromatic N) is 5. The Balaban J connectivity index is 1.25. The molecule has 172 valence electrons. The van der Waals surface area contributed by atoms with Crippen LogP contribution in [0.3, 0.4) is 0 Å². The Morgan fingerprint density at radius 2 is 2.03 bits per heavy atom. The molecule has 1 aliphatic heterocycles. The van der Waals surface area contributed by atoms with E-state index in [-0.39, 0.29) is 11.9 Å². The monoisotopic (exact) mass is 464 g/mol. The predicted molar refractivity (Wildman–Crippen MR) is 128 cm³/mol. The van der Waals surface area contributed by atoms with Crippen molar-refractivity contribution in [1.29, 1.82) is 0 Å². The largest absolute Gasteiger partial charge is 0.329 e. The zero-order valence-electron chi connectivity index (χ0n) is 18.5. The van der Waals surface area contributed by atoms with Crippen LogP contribution in [0.1, 0.15) is 67.8 Å². The molecule has 1 atom stereocenters. The van der Waals surface area contributed by atoms with Gasteiger partial charge in [0.25, 0.3) is 0 Å². The minimum Gasteiger partial charge on any atom is -0.329 e. The Hall–Kier alpha value is -3.01. The van der Waals surface area contributed by atoms with Crippen LogP contribution in [0, 0.1) is 0 Å². The quantitative estimate of drug-likeness (QED) is 0.502. The summed E-state index contributed by atoms with van der Waals surface area (Å²) in [5, 5.41) is 16.6. The van der Waals surface area contributed by atoms with Gasteiger partial charge in [-0.15, -0.1) is 11.3 Å². The summed E-state index contributed by atoms with van der Waals surface area (Å²) in [5.74, 6) is 2.79. The van der Waals surface area contributed by atoms with Gasteiger partial charge in [-0.2, -0.15) is 10.1 Å². The Morgan fingerprint density at radius 3 is 2.88 bits per heavy atom. The van der Waals surface area contributed by atoms with Gasteiger partial charge in [0.15, 0.2) is 10.9 Å². The molecule has 1 unspecified atom stereocenters. The van der Waals surface area contributed by atoms with E-state index in [4.69, 9.17) is 9.97 Å². The maximum atomic E-state index is 13.0. The molecule has 1 saturated heterocycles. The number of carbonyl (C=O) groups is 1. The van der Waals surface area contributed by atoms with Crippen molar-refractivity contribution in [1.82, 2.24) is 25.1 Å². The van der Waals surface area contributed by atoms with Crippen molar-refractivity contribution in [3.05, 3.63) is 34.6 Å².